The molecule has 0 amide bonds. The Balaban J connectivity index is 2.36. The van der Waals surface area contributed by atoms with Crippen molar-refractivity contribution in [3.63, 3.8) is 0 Å². The molecule has 106 valence electrons. The van der Waals surface area contributed by atoms with Gasteiger partial charge in [0.2, 0.25) is 0 Å². The normalized spacial score (nSPS) is 16.5. The molecule has 1 unspecified atom stereocenters. The highest BCUT2D eigenvalue weighted by molar-refractivity contribution is 5.58. The molecule has 0 radical (unpaired) electrons. The number of hydrogen-bond donors (Lipinski definition) is 1. The summed E-state index contributed by atoms with van der Waals surface area (Å²) in [5, 5.41) is 9.90. The number of benzene rings is 1. The van der Waals surface area contributed by atoms with Crippen LogP contribution < -0.4 is 4.90 Å². The Morgan fingerprint density at radius 2 is 2.11 bits per heavy atom. The van der Waals surface area contributed by atoms with Crippen LogP contribution in [0.25, 0.3) is 0 Å². The number of unbranched alkanes of at least 4 members (excludes halogenated alkanes) is 1. The zero-order valence-electron chi connectivity index (χ0n) is 12.1. The molecule has 0 bridgehead atoms. The second-order valence-corrected chi connectivity index (χ2v) is 5.61. The van der Waals surface area contributed by atoms with Crippen LogP contribution in [0.3, 0.4) is 0 Å². The third kappa shape index (κ3) is 3.27. The van der Waals surface area contributed by atoms with Gasteiger partial charge in [-0.15, -0.1) is 0 Å². The molecule has 0 aromatic heterocycles. The molecule has 1 fully saturated rings. The summed E-state index contributed by atoms with van der Waals surface area (Å²) < 4.78 is 13.7. The molecule has 1 aromatic carbocycles. The van der Waals surface area contributed by atoms with Gasteiger partial charge in [-0.2, -0.15) is 0 Å². The number of aliphatic hydroxyl groups is 1. The van der Waals surface area contributed by atoms with Crippen molar-refractivity contribution in [2.75, 3.05) is 11.4 Å². The maximum Gasteiger partial charge on any atom is 0.126 e. The lowest BCUT2D eigenvalue weighted by molar-refractivity contribution is 0.199. The highest BCUT2D eigenvalue weighted by atomic mass is 19.1. The molecular weight excluding hydrogens is 241 g/mol. The molecule has 0 aliphatic heterocycles. The Morgan fingerprint density at radius 1 is 1.42 bits per heavy atom. The lowest BCUT2D eigenvalue weighted by Gasteiger charge is -2.28. The summed E-state index contributed by atoms with van der Waals surface area (Å²) in [6, 6.07) is 3.97. The van der Waals surface area contributed by atoms with E-state index in [1.54, 1.807) is 13.8 Å². The van der Waals surface area contributed by atoms with E-state index in [9.17, 15) is 9.50 Å². The van der Waals surface area contributed by atoms with Crippen LogP contribution in [0.1, 0.15) is 56.8 Å². The average Bonchev–Trinajstić information content (AvgIpc) is 3.17. The Kier molecular flexibility index (Phi) is 4.46. The lowest BCUT2D eigenvalue weighted by atomic mass is 10.0. The zero-order chi connectivity index (χ0) is 14.0. The maximum atomic E-state index is 13.7. The molecule has 1 aromatic rings. The summed E-state index contributed by atoms with van der Waals surface area (Å²) >= 11 is 0. The molecule has 0 heterocycles. The smallest absolute Gasteiger partial charge is 0.126 e. The molecular formula is C16H24FNO. The molecule has 1 saturated carbocycles. The minimum atomic E-state index is -0.632. The first-order valence-electron chi connectivity index (χ1n) is 7.29. The van der Waals surface area contributed by atoms with E-state index < -0.39 is 6.10 Å². The number of aryl methyl sites for hydroxylation is 1. The van der Waals surface area contributed by atoms with E-state index in [0.29, 0.717) is 17.2 Å². The van der Waals surface area contributed by atoms with Crippen molar-refractivity contribution in [3.8, 4) is 0 Å². The van der Waals surface area contributed by atoms with Gasteiger partial charge in [0.1, 0.15) is 5.82 Å². The topological polar surface area (TPSA) is 23.5 Å². The average molecular weight is 265 g/mol. The van der Waals surface area contributed by atoms with Crippen LogP contribution in [0, 0.1) is 12.7 Å². The zero-order valence-corrected chi connectivity index (χ0v) is 12.1. The number of nitrogens with zero attached hydrogens (tertiary/aromatic N) is 1. The van der Waals surface area contributed by atoms with Gasteiger partial charge < -0.3 is 10.0 Å². The fraction of sp³-hybridized carbons (Fsp3) is 0.625. The standard InChI is InChI=1S/C16H24FNO/c1-4-5-8-18(13-6-7-13)16-9-11(2)15(17)10-14(16)12(3)19/h9-10,12-13,19H,4-8H2,1-3H3. The van der Waals surface area contributed by atoms with E-state index in [1.165, 1.54) is 18.9 Å². The molecule has 19 heavy (non-hydrogen) atoms. The fourth-order valence-corrected chi connectivity index (χ4v) is 2.48. The summed E-state index contributed by atoms with van der Waals surface area (Å²) in [5.41, 5.74) is 2.39. The van der Waals surface area contributed by atoms with E-state index in [4.69, 9.17) is 0 Å². The fourth-order valence-electron chi connectivity index (χ4n) is 2.48. The van der Waals surface area contributed by atoms with Crippen molar-refractivity contribution in [3.05, 3.63) is 29.1 Å². The summed E-state index contributed by atoms with van der Waals surface area (Å²) in [7, 11) is 0. The third-order valence-corrected chi connectivity index (χ3v) is 3.81. The largest absolute Gasteiger partial charge is 0.389 e. The van der Waals surface area contributed by atoms with Crippen LogP contribution in [0.15, 0.2) is 12.1 Å². The van der Waals surface area contributed by atoms with Crippen LogP contribution in [0.4, 0.5) is 10.1 Å². The highest BCUT2D eigenvalue weighted by Gasteiger charge is 2.31. The van der Waals surface area contributed by atoms with Gasteiger partial charge in [-0.1, -0.05) is 13.3 Å². The molecule has 1 N–H and O–H groups in total. The van der Waals surface area contributed by atoms with Gasteiger partial charge in [-0.05, 0) is 50.8 Å². The van der Waals surface area contributed by atoms with Gasteiger partial charge in [0.15, 0.2) is 0 Å². The van der Waals surface area contributed by atoms with Gasteiger partial charge in [-0.3, -0.25) is 0 Å². The summed E-state index contributed by atoms with van der Waals surface area (Å²) in [6.45, 7) is 6.66. The van der Waals surface area contributed by atoms with E-state index in [2.05, 4.69) is 11.8 Å². The lowest BCUT2D eigenvalue weighted by Crippen LogP contribution is -2.28. The van der Waals surface area contributed by atoms with Gasteiger partial charge in [0, 0.05) is 23.8 Å². The van der Waals surface area contributed by atoms with Gasteiger partial charge in [-0.25, -0.2) is 4.39 Å². The summed E-state index contributed by atoms with van der Waals surface area (Å²) in [4.78, 5) is 2.36. The van der Waals surface area contributed by atoms with Crippen molar-refractivity contribution in [2.45, 2.75) is 58.6 Å². The molecule has 0 saturated heterocycles. The second kappa shape index (κ2) is 5.91. The minimum Gasteiger partial charge on any atom is -0.389 e. The van der Waals surface area contributed by atoms with Crippen LogP contribution >= 0.6 is 0 Å². The molecule has 0 spiro atoms. The Labute approximate surface area is 115 Å². The van der Waals surface area contributed by atoms with Crippen LogP contribution in [-0.2, 0) is 0 Å². The highest BCUT2D eigenvalue weighted by Crippen LogP contribution is 2.37. The minimum absolute atomic E-state index is 0.231. The first-order valence-corrected chi connectivity index (χ1v) is 7.29. The second-order valence-electron chi connectivity index (χ2n) is 5.61. The van der Waals surface area contributed by atoms with E-state index in [0.717, 1.165) is 25.1 Å². The Morgan fingerprint density at radius 3 is 2.63 bits per heavy atom. The molecule has 1 aliphatic carbocycles. The number of halogens is 1. The van der Waals surface area contributed by atoms with Crippen LogP contribution in [0.5, 0.6) is 0 Å². The third-order valence-electron chi connectivity index (χ3n) is 3.81. The monoisotopic (exact) mass is 265 g/mol. The SMILES string of the molecule is CCCCN(c1cc(C)c(F)cc1C(C)O)C1CC1. The first kappa shape index (κ1) is 14.3. The molecule has 1 atom stereocenters. The number of hydrogen-bond acceptors (Lipinski definition) is 2. The number of rotatable bonds is 6. The number of aliphatic hydroxyl groups excluding tert-OH is 1. The quantitative estimate of drug-likeness (QED) is 0.841. The van der Waals surface area contributed by atoms with Gasteiger partial charge >= 0.3 is 0 Å². The van der Waals surface area contributed by atoms with Crippen LogP contribution in [-0.4, -0.2) is 17.7 Å². The van der Waals surface area contributed by atoms with E-state index in [1.807, 2.05) is 6.07 Å². The predicted octanol–water partition coefficient (Wildman–Crippen LogP) is 3.96. The molecule has 2 rings (SSSR count). The van der Waals surface area contributed by atoms with Crippen molar-refractivity contribution < 1.29 is 9.50 Å². The van der Waals surface area contributed by atoms with Gasteiger partial charge in [0.05, 0.1) is 6.10 Å². The van der Waals surface area contributed by atoms with Gasteiger partial charge in [0.25, 0.3) is 0 Å². The van der Waals surface area contributed by atoms with Crippen molar-refractivity contribution in [2.24, 2.45) is 0 Å². The van der Waals surface area contributed by atoms with Crippen molar-refractivity contribution in [1.82, 2.24) is 0 Å². The molecule has 2 nitrogen and oxygen atoms in total. The Bertz CT molecular complexity index is 441. The van der Waals surface area contributed by atoms with Crippen LogP contribution in [0.2, 0.25) is 0 Å². The van der Waals surface area contributed by atoms with E-state index >= 15 is 0 Å². The predicted molar refractivity (Wildman–Crippen MR) is 77.0 cm³/mol. The summed E-state index contributed by atoms with van der Waals surface area (Å²) in [5.74, 6) is -0.231. The molecule has 3 heteroatoms. The van der Waals surface area contributed by atoms with E-state index in [-0.39, 0.29) is 5.82 Å². The number of anilines is 1. The maximum absolute atomic E-state index is 13.7. The summed E-state index contributed by atoms with van der Waals surface area (Å²) in [6.07, 6.45) is 4.06. The van der Waals surface area contributed by atoms with Crippen molar-refractivity contribution in [1.29, 1.82) is 0 Å². The first-order chi connectivity index (χ1) is 9.04. The van der Waals surface area contributed by atoms with Crippen molar-refractivity contribution >= 4 is 5.69 Å². The Hall–Kier alpha value is -1.09. The molecule has 1 aliphatic rings.